The lowest BCUT2D eigenvalue weighted by Gasteiger charge is -2.19. The van der Waals surface area contributed by atoms with Gasteiger partial charge in [0.2, 0.25) is 5.91 Å². The molecule has 0 radical (unpaired) electrons. The van der Waals surface area contributed by atoms with Gasteiger partial charge in [-0.3, -0.25) is 4.79 Å². The third-order valence-electron chi connectivity index (χ3n) is 9.85. The zero-order valence-corrected chi connectivity index (χ0v) is 33.0. The molecule has 0 bridgehead atoms. The minimum absolute atomic E-state index is 0.0760. The Bertz CT molecular complexity index is 746. The highest BCUT2D eigenvalue weighted by atomic mass is 16.3. The summed E-state index contributed by atoms with van der Waals surface area (Å²) in [6.45, 7) is 4.30. The molecular formula is C45H85NO3. The van der Waals surface area contributed by atoms with Gasteiger partial charge in [0, 0.05) is 6.42 Å². The number of nitrogens with one attached hydrogen (secondary N) is 1. The second-order valence-electron chi connectivity index (χ2n) is 14.8. The molecule has 0 aromatic rings. The standard InChI is InChI=1S/C45H85NO3/c1-3-5-7-9-11-13-15-17-19-21-22-23-25-26-28-30-32-34-36-38-40-44(48)43(42-47)46-45(49)41-39-37-35-33-31-29-27-24-20-18-16-14-12-10-8-6-4-2/h23,25,30,32,38,40,43-44,47-48H,3-22,24,26-29,31,33-37,39,41-42H2,1-2H3,(H,46,49)/b25-23+,32-30+,40-38+. The molecule has 0 saturated heterocycles. The van der Waals surface area contributed by atoms with Gasteiger partial charge in [0.1, 0.15) is 0 Å². The number of hydrogen-bond donors (Lipinski definition) is 3. The van der Waals surface area contributed by atoms with Crippen molar-refractivity contribution in [1.82, 2.24) is 5.32 Å². The van der Waals surface area contributed by atoms with Crippen molar-refractivity contribution in [3.05, 3.63) is 36.5 Å². The molecule has 4 nitrogen and oxygen atoms in total. The average Bonchev–Trinajstić information content (AvgIpc) is 3.10. The van der Waals surface area contributed by atoms with Crippen LogP contribution in [0.1, 0.15) is 226 Å². The maximum Gasteiger partial charge on any atom is 0.220 e. The van der Waals surface area contributed by atoms with Gasteiger partial charge in [-0.25, -0.2) is 0 Å². The molecule has 0 spiro atoms. The first-order valence-electron chi connectivity index (χ1n) is 21.7. The highest BCUT2D eigenvalue weighted by Gasteiger charge is 2.17. The van der Waals surface area contributed by atoms with Gasteiger partial charge >= 0.3 is 0 Å². The lowest BCUT2D eigenvalue weighted by Crippen LogP contribution is -2.45. The number of aliphatic hydroxyl groups is 2. The highest BCUT2D eigenvalue weighted by molar-refractivity contribution is 5.76. The van der Waals surface area contributed by atoms with E-state index in [1.165, 1.54) is 167 Å². The molecule has 0 fully saturated rings. The van der Waals surface area contributed by atoms with E-state index in [0.29, 0.717) is 6.42 Å². The predicted octanol–water partition coefficient (Wildman–Crippen LogP) is 13.4. The SMILES string of the molecule is CCCCCCCCCCCC/C=C/CC/C=C/CC/C=C/C(O)C(CO)NC(=O)CCCCCCCCCCCCCCCCCCC. The molecule has 0 aliphatic heterocycles. The fraction of sp³-hybridized carbons (Fsp3) is 0.844. The lowest BCUT2D eigenvalue weighted by atomic mass is 10.0. The molecule has 1 amide bonds. The summed E-state index contributed by atoms with van der Waals surface area (Å²) in [5.41, 5.74) is 0. The molecule has 0 heterocycles. The van der Waals surface area contributed by atoms with Gasteiger partial charge < -0.3 is 15.5 Å². The van der Waals surface area contributed by atoms with Gasteiger partial charge in [0.05, 0.1) is 18.8 Å². The van der Waals surface area contributed by atoms with E-state index in [4.69, 9.17) is 0 Å². The molecular weight excluding hydrogens is 602 g/mol. The van der Waals surface area contributed by atoms with Crippen molar-refractivity contribution in [2.24, 2.45) is 0 Å². The Morgan fingerprint density at radius 1 is 0.469 bits per heavy atom. The van der Waals surface area contributed by atoms with Crippen molar-refractivity contribution in [2.75, 3.05) is 6.61 Å². The molecule has 4 heteroatoms. The summed E-state index contributed by atoms with van der Waals surface area (Å²) in [5, 5.41) is 23.0. The van der Waals surface area contributed by atoms with Crippen LogP contribution in [0.2, 0.25) is 0 Å². The highest BCUT2D eigenvalue weighted by Crippen LogP contribution is 2.15. The van der Waals surface area contributed by atoms with Gasteiger partial charge in [0.25, 0.3) is 0 Å². The number of carbonyl (C=O) groups excluding carboxylic acids is 1. The summed E-state index contributed by atoms with van der Waals surface area (Å²) >= 11 is 0. The molecule has 0 rings (SSSR count). The summed E-state index contributed by atoms with van der Waals surface area (Å²) in [6, 6.07) is -0.641. The zero-order valence-electron chi connectivity index (χ0n) is 33.0. The third kappa shape index (κ3) is 37.7. The van der Waals surface area contributed by atoms with Crippen molar-refractivity contribution in [3.63, 3.8) is 0 Å². The minimum atomic E-state index is -0.867. The molecule has 288 valence electrons. The van der Waals surface area contributed by atoms with Crippen molar-refractivity contribution in [2.45, 2.75) is 238 Å². The molecule has 0 aromatic heterocycles. The van der Waals surface area contributed by atoms with Crippen molar-refractivity contribution in [1.29, 1.82) is 0 Å². The van der Waals surface area contributed by atoms with E-state index >= 15 is 0 Å². The number of unbranched alkanes of at least 4 members (excludes halogenated alkanes) is 28. The monoisotopic (exact) mass is 688 g/mol. The number of rotatable bonds is 39. The molecule has 2 atom stereocenters. The van der Waals surface area contributed by atoms with Crippen LogP contribution < -0.4 is 5.32 Å². The summed E-state index contributed by atoms with van der Waals surface area (Å²) in [7, 11) is 0. The fourth-order valence-electron chi connectivity index (χ4n) is 6.50. The maximum absolute atomic E-state index is 12.4. The van der Waals surface area contributed by atoms with Crippen LogP contribution in [0.25, 0.3) is 0 Å². The van der Waals surface area contributed by atoms with Crippen LogP contribution in [0.3, 0.4) is 0 Å². The Hall–Kier alpha value is -1.39. The average molecular weight is 688 g/mol. The first-order chi connectivity index (χ1) is 24.2. The van der Waals surface area contributed by atoms with Crippen LogP contribution in [0.4, 0.5) is 0 Å². The van der Waals surface area contributed by atoms with E-state index in [1.54, 1.807) is 6.08 Å². The van der Waals surface area contributed by atoms with Gasteiger partial charge in [-0.1, -0.05) is 211 Å². The Morgan fingerprint density at radius 3 is 1.18 bits per heavy atom. The predicted molar refractivity (Wildman–Crippen MR) is 216 cm³/mol. The zero-order chi connectivity index (χ0) is 35.7. The van der Waals surface area contributed by atoms with E-state index in [2.05, 4.69) is 43.5 Å². The van der Waals surface area contributed by atoms with Crippen LogP contribution in [0.15, 0.2) is 36.5 Å². The second kappa shape index (κ2) is 41.0. The summed E-state index contributed by atoms with van der Waals surface area (Å²) in [5.74, 6) is -0.0760. The molecule has 2 unspecified atom stereocenters. The number of allylic oxidation sites excluding steroid dienone is 5. The number of carbonyl (C=O) groups is 1. The molecule has 49 heavy (non-hydrogen) atoms. The Balaban J connectivity index is 3.63. The van der Waals surface area contributed by atoms with Crippen LogP contribution in [-0.4, -0.2) is 34.9 Å². The lowest BCUT2D eigenvalue weighted by molar-refractivity contribution is -0.123. The Kier molecular flexibility index (Phi) is 39.9. The number of amides is 1. The van der Waals surface area contributed by atoms with E-state index in [9.17, 15) is 15.0 Å². The first-order valence-corrected chi connectivity index (χ1v) is 21.7. The van der Waals surface area contributed by atoms with E-state index in [1.807, 2.05) is 6.08 Å². The summed E-state index contributed by atoms with van der Waals surface area (Å²) in [6.07, 6.45) is 53.9. The van der Waals surface area contributed by atoms with Crippen LogP contribution in [-0.2, 0) is 4.79 Å². The van der Waals surface area contributed by atoms with Gasteiger partial charge in [-0.15, -0.1) is 0 Å². The first kappa shape index (κ1) is 47.6. The molecule has 3 N–H and O–H groups in total. The van der Waals surface area contributed by atoms with E-state index in [-0.39, 0.29) is 12.5 Å². The fourth-order valence-corrected chi connectivity index (χ4v) is 6.50. The van der Waals surface area contributed by atoms with E-state index in [0.717, 1.165) is 38.5 Å². The molecule has 0 saturated carbocycles. The van der Waals surface area contributed by atoms with Gasteiger partial charge in [0.15, 0.2) is 0 Å². The minimum Gasteiger partial charge on any atom is -0.394 e. The van der Waals surface area contributed by atoms with Crippen LogP contribution in [0, 0.1) is 0 Å². The second-order valence-corrected chi connectivity index (χ2v) is 14.8. The normalized spacial score (nSPS) is 13.3. The van der Waals surface area contributed by atoms with Crippen molar-refractivity contribution < 1.29 is 15.0 Å². The Labute approximate surface area is 306 Å². The summed E-state index contributed by atoms with van der Waals surface area (Å²) < 4.78 is 0. The summed E-state index contributed by atoms with van der Waals surface area (Å²) in [4.78, 5) is 12.4. The smallest absolute Gasteiger partial charge is 0.220 e. The Morgan fingerprint density at radius 2 is 0.796 bits per heavy atom. The maximum atomic E-state index is 12.4. The van der Waals surface area contributed by atoms with Gasteiger partial charge in [-0.2, -0.15) is 0 Å². The molecule has 0 aliphatic rings. The number of hydrogen-bond acceptors (Lipinski definition) is 3. The third-order valence-corrected chi connectivity index (χ3v) is 9.85. The topological polar surface area (TPSA) is 69.6 Å². The quantitative estimate of drug-likeness (QED) is 0.0445. The van der Waals surface area contributed by atoms with Crippen LogP contribution in [0.5, 0.6) is 0 Å². The van der Waals surface area contributed by atoms with Crippen molar-refractivity contribution in [3.8, 4) is 0 Å². The number of aliphatic hydroxyl groups excluding tert-OH is 2. The molecule has 0 aromatic carbocycles. The van der Waals surface area contributed by atoms with Gasteiger partial charge in [-0.05, 0) is 44.9 Å². The largest absolute Gasteiger partial charge is 0.394 e. The van der Waals surface area contributed by atoms with Crippen molar-refractivity contribution >= 4 is 5.91 Å². The van der Waals surface area contributed by atoms with Crippen LogP contribution >= 0.6 is 0 Å². The molecule has 0 aliphatic carbocycles. The van der Waals surface area contributed by atoms with E-state index < -0.39 is 12.1 Å².